The molecule has 6 heteroatoms. The monoisotopic (exact) mass is 834 g/mol. The third-order valence-electron chi connectivity index (χ3n) is 8.85. The fourth-order valence-corrected chi connectivity index (χ4v) is 7.12. The van der Waals surface area contributed by atoms with Crippen LogP contribution in [0.4, 0.5) is 0 Å². The number of methoxy groups -OCH3 is 4. The lowest BCUT2D eigenvalue weighted by Gasteiger charge is -2.18. The van der Waals surface area contributed by atoms with Crippen molar-refractivity contribution in [1.82, 2.24) is 0 Å². The fraction of sp³-hybridized carbons (Fsp3) is 0.391. The third-order valence-corrected chi connectivity index (χ3v) is 10.1. The summed E-state index contributed by atoms with van der Waals surface area (Å²) in [5.41, 5.74) is 9.09. The Bertz CT molecular complexity index is 1820. The predicted octanol–water partition coefficient (Wildman–Crippen LogP) is 14.4. The molecule has 4 aromatic rings. The Labute approximate surface area is 331 Å². The lowest BCUT2D eigenvalue weighted by molar-refractivity contribution is 0.404. The van der Waals surface area contributed by atoms with Crippen LogP contribution in [0, 0.1) is 13.8 Å². The minimum Gasteiger partial charge on any atom is -0.496 e. The number of alkyl halides is 1. The maximum atomic E-state index is 5.79. The van der Waals surface area contributed by atoms with E-state index in [0.29, 0.717) is 0 Å². The standard InChI is InChI=1S/C23H30O2.C13H13BrO2.C10H17Br/c1-16(2)10-9-11-17(3)14-15-19-18(4)22(24-5)20-12-7-8-13-21(20)23(19)25-6;1-8-11(14)13(16-3)10-7-5-4-6-9(10)12(8)15-2;1-9(2)5-4-6-10(3)7-8-11/h7-8,10,12-14H,9,11,15H2,1-6H3;4-7H,1-3H3;5,7H,4,6,8H2,1-3H3/b17-14+;;10-7+. The topological polar surface area (TPSA) is 36.9 Å². The summed E-state index contributed by atoms with van der Waals surface area (Å²) in [5, 5.41) is 5.32. The van der Waals surface area contributed by atoms with Gasteiger partial charge in [0.25, 0.3) is 0 Å². The Morgan fingerprint density at radius 3 is 1.33 bits per heavy atom. The normalized spacial score (nSPS) is 11.2. The summed E-state index contributed by atoms with van der Waals surface area (Å²) in [6.07, 6.45) is 14.5. The molecule has 0 radical (unpaired) electrons. The molecule has 0 fully saturated rings. The van der Waals surface area contributed by atoms with E-state index in [-0.39, 0.29) is 0 Å². The highest BCUT2D eigenvalue weighted by molar-refractivity contribution is 9.10. The maximum absolute atomic E-state index is 5.79. The molecular weight excluding hydrogens is 776 g/mol. The van der Waals surface area contributed by atoms with Crippen LogP contribution < -0.4 is 18.9 Å². The van der Waals surface area contributed by atoms with Gasteiger partial charge in [0.1, 0.15) is 23.0 Å². The van der Waals surface area contributed by atoms with Crippen LogP contribution in [0.3, 0.4) is 0 Å². The maximum Gasteiger partial charge on any atom is 0.141 e. The summed E-state index contributed by atoms with van der Waals surface area (Å²) in [4.78, 5) is 0. The predicted molar refractivity (Wildman–Crippen MR) is 234 cm³/mol. The molecule has 0 aromatic heterocycles. The molecule has 0 amide bonds. The van der Waals surface area contributed by atoms with Crippen molar-refractivity contribution in [2.45, 2.75) is 87.5 Å². The molecule has 4 aromatic carbocycles. The molecule has 0 atom stereocenters. The van der Waals surface area contributed by atoms with Gasteiger partial charge in [0.2, 0.25) is 0 Å². The van der Waals surface area contributed by atoms with Crippen molar-refractivity contribution in [2.24, 2.45) is 0 Å². The zero-order valence-electron chi connectivity index (χ0n) is 33.6. The van der Waals surface area contributed by atoms with E-state index >= 15 is 0 Å². The van der Waals surface area contributed by atoms with Gasteiger partial charge in [0, 0.05) is 38.0 Å². The van der Waals surface area contributed by atoms with Crippen molar-refractivity contribution in [2.75, 3.05) is 33.8 Å². The van der Waals surface area contributed by atoms with E-state index in [2.05, 4.69) is 117 Å². The summed E-state index contributed by atoms with van der Waals surface area (Å²) in [6, 6.07) is 16.3. The molecule has 282 valence electrons. The van der Waals surface area contributed by atoms with Crippen LogP contribution >= 0.6 is 31.9 Å². The van der Waals surface area contributed by atoms with Crippen LogP contribution in [0.5, 0.6) is 23.0 Å². The van der Waals surface area contributed by atoms with Gasteiger partial charge >= 0.3 is 0 Å². The van der Waals surface area contributed by atoms with E-state index in [1.807, 2.05) is 43.3 Å². The highest BCUT2D eigenvalue weighted by atomic mass is 79.9. The third kappa shape index (κ3) is 12.9. The molecule has 0 unspecified atom stereocenters. The smallest absolute Gasteiger partial charge is 0.141 e. The average molecular weight is 837 g/mol. The van der Waals surface area contributed by atoms with E-state index < -0.39 is 0 Å². The van der Waals surface area contributed by atoms with Gasteiger partial charge in [0.15, 0.2) is 0 Å². The molecule has 4 rings (SSSR count). The number of fused-ring (bicyclic) bond motifs is 2. The summed E-state index contributed by atoms with van der Waals surface area (Å²) in [7, 11) is 6.86. The lowest BCUT2D eigenvalue weighted by atomic mass is 9.95. The van der Waals surface area contributed by atoms with Crippen molar-refractivity contribution in [1.29, 1.82) is 0 Å². The van der Waals surface area contributed by atoms with Crippen molar-refractivity contribution in [3.8, 4) is 23.0 Å². The highest BCUT2D eigenvalue weighted by Crippen LogP contribution is 2.43. The van der Waals surface area contributed by atoms with Gasteiger partial charge in [-0.3, -0.25) is 0 Å². The van der Waals surface area contributed by atoms with Crippen molar-refractivity contribution in [3.05, 3.63) is 116 Å². The second-order valence-electron chi connectivity index (χ2n) is 13.4. The van der Waals surface area contributed by atoms with Gasteiger partial charge in [-0.05, 0) is 109 Å². The summed E-state index contributed by atoms with van der Waals surface area (Å²) >= 11 is 6.93. The van der Waals surface area contributed by atoms with E-state index in [9.17, 15) is 0 Å². The van der Waals surface area contributed by atoms with Crippen molar-refractivity contribution in [3.63, 3.8) is 0 Å². The van der Waals surface area contributed by atoms with Gasteiger partial charge < -0.3 is 18.9 Å². The van der Waals surface area contributed by atoms with Gasteiger partial charge in [0.05, 0.1) is 32.9 Å². The molecule has 0 N–H and O–H groups in total. The van der Waals surface area contributed by atoms with Crippen LogP contribution in [0.1, 0.15) is 83.9 Å². The number of hydrogen-bond donors (Lipinski definition) is 0. The van der Waals surface area contributed by atoms with Crippen LogP contribution in [-0.2, 0) is 6.42 Å². The zero-order chi connectivity index (χ0) is 38.8. The summed E-state index contributed by atoms with van der Waals surface area (Å²) < 4.78 is 23.3. The second-order valence-corrected chi connectivity index (χ2v) is 14.8. The molecule has 4 nitrogen and oxygen atoms in total. The molecule has 0 aliphatic carbocycles. The summed E-state index contributed by atoms with van der Waals surface area (Å²) in [5.74, 6) is 3.65. The first-order valence-electron chi connectivity index (χ1n) is 17.9. The Hall–Kier alpha value is -3.48. The SMILES string of the molecule is CC(C)=CCC/C(C)=C/CBr.COc1c(C)c(Br)c(OC)c2ccccc12.COc1c(C)c(C/C=C(\C)CCC=C(C)C)c(OC)c2ccccc12. The van der Waals surface area contributed by atoms with Gasteiger partial charge in [-0.1, -0.05) is 111 Å². The number of hydrogen-bond acceptors (Lipinski definition) is 4. The van der Waals surface area contributed by atoms with E-state index in [0.717, 1.165) is 84.7 Å². The van der Waals surface area contributed by atoms with Gasteiger partial charge in [-0.2, -0.15) is 0 Å². The van der Waals surface area contributed by atoms with Crippen LogP contribution in [0.25, 0.3) is 21.5 Å². The largest absolute Gasteiger partial charge is 0.496 e. The minimum absolute atomic E-state index is 0.855. The van der Waals surface area contributed by atoms with Crippen molar-refractivity contribution < 1.29 is 18.9 Å². The number of halogens is 2. The Balaban J connectivity index is 0.000000297. The number of benzene rings is 4. The molecule has 0 aliphatic heterocycles. The highest BCUT2D eigenvalue weighted by Gasteiger charge is 2.18. The van der Waals surface area contributed by atoms with E-state index in [1.54, 1.807) is 28.4 Å². The Morgan fingerprint density at radius 1 is 0.538 bits per heavy atom. The van der Waals surface area contributed by atoms with Crippen LogP contribution in [0.2, 0.25) is 0 Å². The van der Waals surface area contributed by atoms with Crippen molar-refractivity contribution >= 4 is 53.4 Å². The Kier molecular flexibility index (Phi) is 20.0. The van der Waals surface area contributed by atoms with Gasteiger partial charge in [-0.15, -0.1) is 0 Å². The lowest BCUT2D eigenvalue weighted by Crippen LogP contribution is -2.00. The first-order valence-corrected chi connectivity index (χ1v) is 19.8. The molecule has 52 heavy (non-hydrogen) atoms. The number of rotatable bonds is 13. The summed E-state index contributed by atoms with van der Waals surface area (Å²) in [6.45, 7) is 17.1. The second kappa shape index (κ2) is 23.2. The van der Waals surface area contributed by atoms with E-state index in [4.69, 9.17) is 18.9 Å². The first-order chi connectivity index (χ1) is 24.9. The molecule has 0 saturated carbocycles. The molecular formula is C46H60Br2O4. The average Bonchev–Trinajstić information content (AvgIpc) is 3.11. The van der Waals surface area contributed by atoms with Gasteiger partial charge in [-0.25, -0.2) is 0 Å². The van der Waals surface area contributed by atoms with Crippen LogP contribution in [0.15, 0.2) is 99.6 Å². The Morgan fingerprint density at radius 2 is 0.923 bits per heavy atom. The quantitative estimate of drug-likeness (QED) is 0.0993. The zero-order valence-corrected chi connectivity index (χ0v) is 36.7. The minimum atomic E-state index is 0.855. The van der Waals surface area contributed by atoms with E-state index in [1.165, 1.54) is 40.7 Å². The molecule has 0 aliphatic rings. The number of ether oxygens (including phenoxy) is 4. The molecule has 0 bridgehead atoms. The number of allylic oxidation sites excluding steroid dienone is 8. The molecule has 0 spiro atoms. The molecule has 0 heterocycles. The fourth-order valence-electron chi connectivity index (χ4n) is 6.01. The van der Waals surface area contributed by atoms with Crippen LogP contribution in [-0.4, -0.2) is 33.8 Å². The first kappa shape index (κ1) is 44.7. The molecule has 0 saturated heterocycles.